The van der Waals surface area contributed by atoms with Crippen molar-refractivity contribution in [1.29, 1.82) is 0 Å². The van der Waals surface area contributed by atoms with Crippen LogP contribution in [0.1, 0.15) is 35.2 Å². The molecule has 0 saturated heterocycles. The average molecular weight is 364 g/mol. The summed E-state index contributed by atoms with van der Waals surface area (Å²) in [4.78, 5) is 36.3. The van der Waals surface area contributed by atoms with Crippen LogP contribution in [0, 0.1) is 6.92 Å². The first-order chi connectivity index (χ1) is 12.0. The SMILES string of the molecule is CSCC[C@H](NC(=O)c1cccc(C)c1)C(=O)OCC(=O)NC1CC1. The van der Waals surface area contributed by atoms with E-state index in [4.69, 9.17) is 4.74 Å². The van der Waals surface area contributed by atoms with Crippen LogP contribution in [0.25, 0.3) is 0 Å². The molecule has 0 radical (unpaired) electrons. The van der Waals surface area contributed by atoms with Crippen LogP contribution in [0.2, 0.25) is 0 Å². The summed E-state index contributed by atoms with van der Waals surface area (Å²) in [5.74, 6) is -0.512. The van der Waals surface area contributed by atoms with Gasteiger partial charge in [-0.1, -0.05) is 17.7 Å². The maximum absolute atomic E-state index is 12.4. The van der Waals surface area contributed by atoms with Crippen molar-refractivity contribution >= 4 is 29.5 Å². The lowest BCUT2D eigenvalue weighted by Gasteiger charge is -2.17. The minimum atomic E-state index is -0.769. The van der Waals surface area contributed by atoms with Gasteiger partial charge in [-0.3, -0.25) is 9.59 Å². The van der Waals surface area contributed by atoms with Crippen LogP contribution in [0.15, 0.2) is 24.3 Å². The molecule has 25 heavy (non-hydrogen) atoms. The Hall–Kier alpha value is -2.02. The van der Waals surface area contributed by atoms with Gasteiger partial charge in [0.25, 0.3) is 11.8 Å². The fourth-order valence-corrected chi connectivity index (χ4v) is 2.72. The molecule has 1 aliphatic rings. The molecule has 1 aliphatic carbocycles. The Kier molecular flexibility index (Phi) is 7.31. The summed E-state index contributed by atoms with van der Waals surface area (Å²) in [5.41, 5.74) is 1.46. The number of hydrogen-bond donors (Lipinski definition) is 2. The molecule has 136 valence electrons. The third-order valence-electron chi connectivity index (χ3n) is 3.77. The molecule has 1 saturated carbocycles. The molecule has 1 atom stereocenters. The average Bonchev–Trinajstić information content (AvgIpc) is 3.40. The number of carbonyl (C=O) groups excluding carboxylic acids is 3. The number of benzene rings is 1. The summed E-state index contributed by atoms with van der Waals surface area (Å²) in [5, 5.41) is 5.47. The van der Waals surface area contributed by atoms with Crippen molar-refractivity contribution in [3.05, 3.63) is 35.4 Å². The van der Waals surface area contributed by atoms with Crippen molar-refractivity contribution < 1.29 is 19.1 Å². The molecule has 1 aromatic carbocycles. The van der Waals surface area contributed by atoms with Crippen molar-refractivity contribution in [3.63, 3.8) is 0 Å². The quantitative estimate of drug-likeness (QED) is 0.651. The van der Waals surface area contributed by atoms with Crippen LogP contribution in [-0.2, 0) is 14.3 Å². The van der Waals surface area contributed by atoms with E-state index in [1.54, 1.807) is 30.0 Å². The zero-order valence-corrected chi connectivity index (χ0v) is 15.4. The Labute approximate surface area is 152 Å². The fraction of sp³-hybridized carbons (Fsp3) is 0.500. The van der Waals surface area contributed by atoms with Crippen LogP contribution in [0.5, 0.6) is 0 Å². The molecular formula is C18H24N2O4S. The number of rotatable bonds is 9. The lowest BCUT2D eigenvalue weighted by atomic mass is 10.1. The summed E-state index contributed by atoms with van der Waals surface area (Å²) >= 11 is 1.58. The van der Waals surface area contributed by atoms with Gasteiger partial charge in [0.05, 0.1) is 0 Å². The number of carbonyl (C=O) groups is 3. The van der Waals surface area contributed by atoms with E-state index < -0.39 is 12.0 Å². The first kappa shape index (κ1) is 19.3. The second-order valence-electron chi connectivity index (χ2n) is 6.13. The molecule has 0 spiro atoms. The van der Waals surface area contributed by atoms with Crippen molar-refractivity contribution in [2.75, 3.05) is 18.6 Å². The van der Waals surface area contributed by atoms with E-state index in [0.717, 1.165) is 18.4 Å². The fourth-order valence-electron chi connectivity index (χ4n) is 2.25. The van der Waals surface area contributed by atoms with E-state index in [0.29, 0.717) is 17.7 Å². The van der Waals surface area contributed by atoms with E-state index in [2.05, 4.69) is 10.6 Å². The third-order valence-corrected chi connectivity index (χ3v) is 4.41. The molecule has 2 rings (SSSR count). The van der Waals surface area contributed by atoms with Crippen molar-refractivity contribution in [2.24, 2.45) is 0 Å². The number of thioether (sulfide) groups is 1. The van der Waals surface area contributed by atoms with Crippen LogP contribution < -0.4 is 10.6 Å². The van der Waals surface area contributed by atoms with E-state index in [-0.39, 0.29) is 24.5 Å². The number of esters is 1. The standard InChI is InChI=1S/C18H24N2O4S/c1-12-4-3-5-13(10-12)17(22)20-15(8-9-25-2)18(23)24-11-16(21)19-14-6-7-14/h3-5,10,14-15H,6-9,11H2,1-2H3,(H,19,21)(H,20,22)/t15-/m0/s1. The van der Waals surface area contributed by atoms with E-state index in [1.165, 1.54) is 0 Å². The van der Waals surface area contributed by atoms with Crippen molar-refractivity contribution in [2.45, 2.75) is 38.3 Å². The maximum atomic E-state index is 12.4. The van der Waals surface area contributed by atoms with Gasteiger partial charge in [-0.15, -0.1) is 0 Å². The predicted octanol–water partition coefficient (Wildman–Crippen LogP) is 1.67. The smallest absolute Gasteiger partial charge is 0.329 e. The van der Waals surface area contributed by atoms with Gasteiger partial charge < -0.3 is 15.4 Å². The summed E-state index contributed by atoms with van der Waals surface area (Å²) in [7, 11) is 0. The van der Waals surface area contributed by atoms with Gasteiger partial charge in [0.2, 0.25) is 0 Å². The molecule has 1 aromatic rings. The van der Waals surface area contributed by atoms with Crippen LogP contribution in [0.4, 0.5) is 0 Å². The van der Waals surface area contributed by atoms with E-state index in [9.17, 15) is 14.4 Å². The van der Waals surface area contributed by atoms with Crippen LogP contribution in [-0.4, -0.2) is 48.5 Å². The lowest BCUT2D eigenvalue weighted by Crippen LogP contribution is -2.43. The van der Waals surface area contributed by atoms with Crippen molar-refractivity contribution in [3.8, 4) is 0 Å². The Morgan fingerprint density at radius 1 is 1.32 bits per heavy atom. The number of ether oxygens (including phenoxy) is 1. The molecule has 0 heterocycles. The summed E-state index contributed by atoms with van der Waals surface area (Å²) in [6.45, 7) is 1.58. The van der Waals surface area contributed by atoms with E-state index in [1.807, 2.05) is 19.2 Å². The predicted molar refractivity (Wildman–Crippen MR) is 97.6 cm³/mol. The number of hydrogen-bond acceptors (Lipinski definition) is 5. The summed E-state index contributed by atoms with van der Waals surface area (Å²) in [6.07, 6.45) is 4.32. The maximum Gasteiger partial charge on any atom is 0.329 e. The molecule has 0 aliphatic heterocycles. The number of nitrogens with one attached hydrogen (secondary N) is 2. The molecule has 6 nitrogen and oxygen atoms in total. The van der Waals surface area contributed by atoms with Gasteiger partial charge in [0.1, 0.15) is 6.04 Å². The second-order valence-corrected chi connectivity index (χ2v) is 7.11. The largest absolute Gasteiger partial charge is 0.454 e. The first-order valence-corrected chi connectivity index (χ1v) is 9.71. The van der Waals surface area contributed by atoms with Gasteiger partial charge >= 0.3 is 5.97 Å². The first-order valence-electron chi connectivity index (χ1n) is 8.32. The minimum Gasteiger partial charge on any atom is -0.454 e. The van der Waals surface area contributed by atoms with Crippen LogP contribution in [0.3, 0.4) is 0 Å². The summed E-state index contributed by atoms with van der Waals surface area (Å²) in [6, 6.07) is 6.60. The third kappa shape index (κ3) is 6.78. The topological polar surface area (TPSA) is 84.5 Å². The van der Waals surface area contributed by atoms with Crippen molar-refractivity contribution in [1.82, 2.24) is 10.6 Å². The molecule has 2 N–H and O–H groups in total. The molecular weight excluding hydrogens is 340 g/mol. The monoisotopic (exact) mass is 364 g/mol. The van der Waals surface area contributed by atoms with Gasteiger partial charge in [-0.25, -0.2) is 4.79 Å². The zero-order valence-electron chi connectivity index (χ0n) is 14.5. The summed E-state index contributed by atoms with van der Waals surface area (Å²) < 4.78 is 5.08. The Morgan fingerprint density at radius 3 is 2.72 bits per heavy atom. The van der Waals surface area contributed by atoms with Gasteiger partial charge in [-0.05, 0) is 50.3 Å². The highest BCUT2D eigenvalue weighted by molar-refractivity contribution is 7.98. The van der Waals surface area contributed by atoms with Gasteiger partial charge in [0.15, 0.2) is 6.61 Å². The molecule has 7 heteroatoms. The highest BCUT2D eigenvalue weighted by Crippen LogP contribution is 2.18. The molecule has 0 bridgehead atoms. The number of aryl methyl sites for hydroxylation is 1. The Balaban J connectivity index is 1.90. The van der Waals surface area contributed by atoms with Crippen LogP contribution >= 0.6 is 11.8 Å². The lowest BCUT2D eigenvalue weighted by molar-refractivity contribution is -0.150. The van der Waals surface area contributed by atoms with Gasteiger partial charge in [-0.2, -0.15) is 11.8 Å². The number of amides is 2. The second kappa shape index (κ2) is 9.46. The minimum absolute atomic E-state index is 0.222. The molecule has 2 amide bonds. The zero-order chi connectivity index (χ0) is 18.2. The van der Waals surface area contributed by atoms with E-state index >= 15 is 0 Å². The Morgan fingerprint density at radius 2 is 2.08 bits per heavy atom. The molecule has 0 unspecified atom stereocenters. The highest BCUT2D eigenvalue weighted by atomic mass is 32.2. The molecule has 1 fully saturated rings. The van der Waals surface area contributed by atoms with Gasteiger partial charge in [0, 0.05) is 11.6 Å². The normalized spacial score (nSPS) is 14.5. The Bertz CT molecular complexity index is 631. The highest BCUT2D eigenvalue weighted by Gasteiger charge is 2.26. The molecule has 0 aromatic heterocycles.